The molecular weight excluding hydrogens is 701 g/mol. The molecule has 282 valence electrons. The van der Waals surface area contributed by atoms with E-state index in [0.29, 0.717) is 18.9 Å². The van der Waals surface area contributed by atoms with Crippen molar-refractivity contribution in [2.45, 2.75) is 63.7 Å². The molecule has 0 radical (unpaired) electrons. The quantitative estimate of drug-likeness (QED) is 0.115. The predicted octanol–water partition coefficient (Wildman–Crippen LogP) is 6.65. The fraction of sp³-hybridized carbons (Fsp3) is 0.317. The van der Waals surface area contributed by atoms with Crippen molar-refractivity contribution in [3.05, 3.63) is 84.4 Å². The molecule has 4 amide bonds. The number of nitrogens with one attached hydrogen (secondary N) is 4. The molecule has 4 aromatic carbocycles. The average molecular weight is 743 g/mol. The maximum absolute atomic E-state index is 13.2. The zero-order chi connectivity index (χ0) is 38.4. The minimum Gasteiger partial charge on any atom is -0.465 e. The van der Waals surface area contributed by atoms with Gasteiger partial charge in [0.2, 0.25) is 11.8 Å². The first-order valence-electron chi connectivity index (χ1n) is 18.5. The fourth-order valence-electron chi connectivity index (χ4n) is 8.00. The van der Waals surface area contributed by atoms with E-state index >= 15 is 0 Å². The number of carbonyl (C=O) groups is 4. The lowest BCUT2D eigenvalue weighted by molar-refractivity contribution is -0.134. The molecule has 55 heavy (non-hydrogen) atoms. The molecule has 2 aromatic heterocycles. The number of likely N-dealkylation sites (tertiary alicyclic amines) is 2. The highest BCUT2D eigenvalue weighted by Crippen LogP contribution is 2.36. The van der Waals surface area contributed by atoms with Crippen LogP contribution in [0.15, 0.2) is 72.8 Å². The maximum atomic E-state index is 13.2. The van der Waals surface area contributed by atoms with Gasteiger partial charge < -0.3 is 40.2 Å². The van der Waals surface area contributed by atoms with Crippen LogP contribution in [0.5, 0.6) is 0 Å². The zero-order valence-electron chi connectivity index (χ0n) is 30.8. The molecular formula is C41H42N8O6. The summed E-state index contributed by atoms with van der Waals surface area (Å²) in [5.74, 6) is 1.000. The first-order chi connectivity index (χ1) is 26.6. The standard InChI is InChI=1S/C41H42N8O6/c1-22(42-40(52)53)38(50)48-16-4-6-34(48)36-44-30-14-12-28(20-32(30)46-36)26-10-8-25-19-27(11-9-24(25)18-26)29-13-15-31-33(21-29)47-37(45-31)35-7-5-17-49(35)39(51)23(2)43-41(54)55-3/h8-15,18-23,34-35,42H,4-7,16-17H2,1-3H3,(H,43,54)(H,44,46)(H,45,47)(H,52,53)/t22-,23-,34-,35-/m0/s1. The van der Waals surface area contributed by atoms with Crippen LogP contribution in [0, 0.1) is 0 Å². The van der Waals surface area contributed by atoms with Crippen molar-refractivity contribution in [2.24, 2.45) is 0 Å². The van der Waals surface area contributed by atoms with Crippen LogP contribution in [0.2, 0.25) is 0 Å². The molecule has 0 spiro atoms. The van der Waals surface area contributed by atoms with Gasteiger partial charge in [-0.2, -0.15) is 0 Å². The monoisotopic (exact) mass is 742 g/mol. The van der Waals surface area contributed by atoms with Crippen molar-refractivity contribution >= 4 is 56.8 Å². The van der Waals surface area contributed by atoms with E-state index < -0.39 is 24.3 Å². The third-order valence-corrected chi connectivity index (χ3v) is 10.8. The molecule has 2 aliphatic heterocycles. The molecule has 2 saturated heterocycles. The van der Waals surface area contributed by atoms with Crippen molar-refractivity contribution < 1.29 is 29.0 Å². The number of carbonyl (C=O) groups excluding carboxylic acids is 3. The molecule has 2 fully saturated rings. The number of aromatic nitrogens is 4. The summed E-state index contributed by atoms with van der Waals surface area (Å²) in [6, 6.07) is 23.1. The van der Waals surface area contributed by atoms with Gasteiger partial charge in [-0.3, -0.25) is 9.59 Å². The van der Waals surface area contributed by atoms with Gasteiger partial charge in [0.25, 0.3) is 0 Å². The van der Waals surface area contributed by atoms with Crippen molar-refractivity contribution in [3.63, 3.8) is 0 Å². The van der Waals surface area contributed by atoms with Crippen LogP contribution in [0.25, 0.3) is 55.1 Å². The molecule has 2 aliphatic rings. The minimum absolute atomic E-state index is 0.172. The Kier molecular flexibility index (Phi) is 9.33. The van der Waals surface area contributed by atoms with E-state index in [-0.39, 0.29) is 23.9 Å². The Morgan fingerprint density at radius 2 is 1.13 bits per heavy atom. The predicted molar refractivity (Wildman–Crippen MR) is 207 cm³/mol. The van der Waals surface area contributed by atoms with Crippen LogP contribution in [0.3, 0.4) is 0 Å². The topological polar surface area (TPSA) is 186 Å². The Hall–Kier alpha value is -6.44. The molecule has 5 N–H and O–H groups in total. The van der Waals surface area contributed by atoms with Crippen LogP contribution in [0.4, 0.5) is 9.59 Å². The molecule has 4 heterocycles. The first kappa shape index (κ1) is 35.6. The highest BCUT2D eigenvalue weighted by atomic mass is 16.5. The van der Waals surface area contributed by atoms with Gasteiger partial charge in [0.05, 0.1) is 41.3 Å². The van der Waals surface area contributed by atoms with Gasteiger partial charge in [0.1, 0.15) is 23.7 Å². The van der Waals surface area contributed by atoms with Crippen molar-refractivity contribution in [1.82, 2.24) is 40.4 Å². The number of hydrogen-bond donors (Lipinski definition) is 5. The van der Waals surface area contributed by atoms with E-state index in [9.17, 15) is 19.2 Å². The Balaban J connectivity index is 0.997. The number of ether oxygens (including phenoxy) is 1. The lowest BCUT2D eigenvalue weighted by Gasteiger charge is -2.26. The fourth-order valence-corrected chi connectivity index (χ4v) is 8.00. The Bertz CT molecular complexity index is 2470. The third kappa shape index (κ3) is 6.91. The SMILES string of the molecule is COC(=O)N[C@@H](C)C(=O)N1CCC[C@H]1c1nc2cc(-c3ccc4cc(-c5ccc6[nH]c([C@@H]7CCCN7C(=O)[C@H](C)NC(=O)O)nc6c5)ccc4c3)ccc2[nH]1. The second-order valence-electron chi connectivity index (χ2n) is 14.4. The molecule has 14 heteroatoms. The van der Waals surface area contributed by atoms with Crippen LogP contribution in [-0.2, 0) is 14.3 Å². The lowest BCUT2D eigenvalue weighted by atomic mass is 9.97. The number of alkyl carbamates (subject to hydrolysis) is 1. The normalized spacial score (nSPS) is 18.2. The van der Waals surface area contributed by atoms with Gasteiger partial charge in [0.15, 0.2) is 0 Å². The molecule has 4 atom stereocenters. The summed E-state index contributed by atoms with van der Waals surface area (Å²) in [4.78, 5) is 69.1. The zero-order valence-corrected chi connectivity index (χ0v) is 30.8. The summed E-state index contributed by atoms with van der Waals surface area (Å²) in [6.07, 6.45) is 1.33. The summed E-state index contributed by atoms with van der Waals surface area (Å²) < 4.78 is 4.66. The van der Waals surface area contributed by atoms with Crippen LogP contribution in [0.1, 0.15) is 63.3 Å². The summed E-state index contributed by atoms with van der Waals surface area (Å²) >= 11 is 0. The van der Waals surface area contributed by atoms with Gasteiger partial charge in [-0.05, 0) is 109 Å². The third-order valence-electron chi connectivity index (χ3n) is 10.8. The summed E-state index contributed by atoms with van der Waals surface area (Å²) in [6.45, 7) is 4.36. The van der Waals surface area contributed by atoms with Gasteiger partial charge in [0, 0.05) is 13.1 Å². The molecule has 0 saturated carbocycles. The number of hydrogen-bond acceptors (Lipinski definition) is 7. The molecule has 14 nitrogen and oxygen atoms in total. The number of methoxy groups -OCH3 is 1. The molecule has 0 aliphatic carbocycles. The Labute approximate surface area is 316 Å². The number of nitrogens with zero attached hydrogens (tertiary/aromatic N) is 4. The highest BCUT2D eigenvalue weighted by molar-refractivity contribution is 5.93. The van der Waals surface area contributed by atoms with E-state index in [0.717, 1.165) is 86.6 Å². The second-order valence-corrected chi connectivity index (χ2v) is 14.4. The highest BCUT2D eigenvalue weighted by Gasteiger charge is 2.36. The van der Waals surface area contributed by atoms with Crippen molar-refractivity contribution in [3.8, 4) is 22.3 Å². The molecule has 8 rings (SSSR count). The summed E-state index contributed by atoms with van der Waals surface area (Å²) in [5.41, 5.74) is 7.54. The van der Waals surface area contributed by atoms with Gasteiger partial charge in [-0.1, -0.05) is 36.4 Å². The van der Waals surface area contributed by atoms with E-state index in [2.05, 4.69) is 86.0 Å². The smallest absolute Gasteiger partial charge is 0.407 e. The van der Waals surface area contributed by atoms with E-state index in [1.807, 2.05) is 12.1 Å². The number of fused-ring (bicyclic) bond motifs is 3. The number of H-pyrrole nitrogens is 2. The first-order valence-corrected chi connectivity index (χ1v) is 18.5. The Morgan fingerprint density at radius 3 is 1.58 bits per heavy atom. The minimum atomic E-state index is -1.23. The molecule has 0 unspecified atom stereocenters. The number of amides is 4. The Morgan fingerprint density at radius 1 is 0.691 bits per heavy atom. The van der Waals surface area contributed by atoms with Crippen LogP contribution < -0.4 is 10.6 Å². The van der Waals surface area contributed by atoms with E-state index in [1.54, 1.807) is 23.6 Å². The van der Waals surface area contributed by atoms with Gasteiger partial charge in [-0.15, -0.1) is 0 Å². The number of carboxylic acid groups (broad SMARTS) is 1. The van der Waals surface area contributed by atoms with Gasteiger partial charge >= 0.3 is 12.2 Å². The van der Waals surface area contributed by atoms with E-state index in [4.69, 9.17) is 15.1 Å². The maximum Gasteiger partial charge on any atom is 0.407 e. The van der Waals surface area contributed by atoms with Gasteiger partial charge in [-0.25, -0.2) is 19.6 Å². The van der Waals surface area contributed by atoms with Crippen molar-refractivity contribution in [1.29, 1.82) is 0 Å². The summed E-state index contributed by atoms with van der Waals surface area (Å²) in [7, 11) is 1.27. The number of rotatable bonds is 8. The number of aromatic amines is 2. The molecule has 0 bridgehead atoms. The lowest BCUT2D eigenvalue weighted by Crippen LogP contribution is -2.46. The average Bonchev–Trinajstić information content (AvgIpc) is 4.01. The van der Waals surface area contributed by atoms with Crippen molar-refractivity contribution in [2.75, 3.05) is 20.2 Å². The van der Waals surface area contributed by atoms with E-state index in [1.165, 1.54) is 7.11 Å². The number of imidazole rings is 2. The second kappa shape index (κ2) is 14.4. The largest absolute Gasteiger partial charge is 0.465 e. The van der Waals surface area contributed by atoms with Crippen LogP contribution >= 0.6 is 0 Å². The van der Waals surface area contributed by atoms with Crippen LogP contribution in [-0.4, -0.2) is 91.1 Å². The number of benzene rings is 4. The molecule has 6 aromatic rings. The summed E-state index contributed by atoms with van der Waals surface area (Å²) in [5, 5.41) is 16.1.